The molecule has 0 spiro atoms. The molecule has 5 heteroatoms. The summed E-state index contributed by atoms with van der Waals surface area (Å²) in [4.78, 5) is 21.2. The summed E-state index contributed by atoms with van der Waals surface area (Å²) in [6.07, 6.45) is 1.10. The SMILES string of the molecule is CC(C)c1nc(N2CCC(C)C2CN)cc(=O)[nH]1. The second kappa shape index (κ2) is 5.10. The number of hydrogen-bond donors (Lipinski definition) is 2. The molecule has 1 aliphatic rings. The van der Waals surface area contributed by atoms with Gasteiger partial charge in [-0.2, -0.15) is 0 Å². The molecule has 0 saturated carbocycles. The number of nitrogens with two attached hydrogens (primary N) is 1. The molecule has 0 bridgehead atoms. The van der Waals surface area contributed by atoms with Gasteiger partial charge in [0, 0.05) is 31.1 Å². The molecule has 2 atom stereocenters. The van der Waals surface area contributed by atoms with Crippen LogP contribution in [0.3, 0.4) is 0 Å². The molecule has 0 aromatic carbocycles. The van der Waals surface area contributed by atoms with Crippen molar-refractivity contribution >= 4 is 5.82 Å². The second-order valence-corrected chi connectivity index (χ2v) is 5.41. The van der Waals surface area contributed by atoms with Crippen LogP contribution in [-0.2, 0) is 0 Å². The van der Waals surface area contributed by atoms with Crippen molar-refractivity contribution in [1.82, 2.24) is 9.97 Å². The fraction of sp³-hybridized carbons (Fsp3) is 0.692. The maximum Gasteiger partial charge on any atom is 0.252 e. The first-order valence-corrected chi connectivity index (χ1v) is 6.61. The summed E-state index contributed by atoms with van der Waals surface area (Å²) in [5, 5.41) is 0. The lowest BCUT2D eigenvalue weighted by Gasteiger charge is -2.27. The van der Waals surface area contributed by atoms with Gasteiger partial charge in [0.05, 0.1) is 0 Å². The van der Waals surface area contributed by atoms with Crippen molar-refractivity contribution in [3.8, 4) is 0 Å². The van der Waals surface area contributed by atoms with E-state index < -0.39 is 0 Å². The zero-order valence-corrected chi connectivity index (χ0v) is 11.3. The lowest BCUT2D eigenvalue weighted by atomic mass is 10.0. The minimum atomic E-state index is -0.0842. The van der Waals surface area contributed by atoms with Gasteiger partial charge in [0.1, 0.15) is 11.6 Å². The van der Waals surface area contributed by atoms with Gasteiger partial charge >= 0.3 is 0 Å². The van der Waals surface area contributed by atoms with E-state index in [4.69, 9.17) is 5.73 Å². The van der Waals surface area contributed by atoms with Crippen LogP contribution in [0.1, 0.15) is 38.9 Å². The molecule has 1 fully saturated rings. The molecule has 2 heterocycles. The van der Waals surface area contributed by atoms with Gasteiger partial charge in [-0.15, -0.1) is 0 Å². The highest BCUT2D eigenvalue weighted by atomic mass is 16.1. The highest BCUT2D eigenvalue weighted by Gasteiger charge is 2.31. The highest BCUT2D eigenvalue weighted by Crippen LogP contribution is 2.27. The minimum absolute atomic E-state index is 0.0842. The van der Waals surface area contributed by atoms with E-state index in [1.165, 1.54) is 0 Å². The van der Waals surface area contributed by atoms with Crippen LogP contribution in [-0.4, -0.2) is 29.1 Å². The second-order valence-electron chi connectivity index (χ2n) is 5.41. The van der Waals surface area contributed by atoms with Crippen LogP contribution >= 0.6 is 0 Å². The van der Waals surface area contributed by atoms with Crippen molar-refractivity contribution in [3.63, 3.8) is 0 Å². The van der Waals surface area contributed by atoms with Crippen LogP contribution in [0.4, 0.5) is 5.82 Å². The van der Waals surface area contributed by atoms with Crippen molar-refractivity contribution in [2.75, 3.05) is 18.0 Å². The molecule has 18 heavy (non-hydrogen) atoms. The molecule has 5 nitrogen and oxygen atoms in total. The van der Waals surface area contributed by atoms with Crippen LogP contribution in [0.5, 0.6) is 0 Å². The van der Waals surface area contributed by atoms with Crippen LogP contribution in [0, 0.1) is 5.92 Å². The fourth-order valence-corrected chi connectivity index (χ4v) is 2.54. The molecule has 0 radical (unpaired) electrons. The third-order valence-corrected chi connectivity index (χ3v) is 3.71. The molecule has 1 aromatic heterocycles. The van der Waals surface area contributed by atoms with Gasteiger partial charge in [-0.1, -0.05) is 20.8 Å². The number of aromatic amines is 1. The lowest BCUT2D eigenvalue weighted by molar-refractivity contribution is 0.516. The Morgan fingerprint density at radius 1 is 1.61 bits per heavy atom. The topological polar surface area (TPSA) is 75.0 Å². The standard InChI is InChI=1S/C13H22N4O/c1-8(2)13-15-11(6-12(18)16-13)17-5-4-9(3)10(17)7-14/h6,8-10H,4-5,7,14H2,1-3H3,(H,15,16,18). The maximum atomic E-state index is 11.7. The first kappa shape index (κ1) is 13.1. The Kier molecular flexibility index (Phi) is 3.71. The minimum Gasteiger partial charge on any atom is -0.352 e. The summed E-state index contributed by atoms with van der Waals surface area (Å²) in [6.45, 7) is 7.78. The Morgan fingerprint density at radius 3 is 2.94 bits per heavy atom. The molecule has 2 rings (SSSR count). The van der Waals surface area contributed by atoms with Crippen molar-refractivity contribution in [2.24, 2.45) is 11.7 Å². The van der Waals surface area contributed by atoms with E-state index in [1.807, 2.05) is 13.8 Å². The predicted octanol–water partition coefficient (Wildman–Crippen LogP) is 1.07. The molecule has 3 N–H and O–H groups in total. The summed E-state index contributed by atoms with van der Waals surface area (Å²) in [6, 6.07) is 1.87. The van der Waals surface area contributed by atoms with Crippen molar-refractivity contribution < 1.29 is 0 Å². The van der Waals surface area contributed by atoms with Gasteiger partial charge in [0.15, 0.2) is 0 Å². The number of nitrogens with one attached hydrogen (secondary N) is 1. The van der Waals surface area contributed by atoms with Crippen molar-refractivity contribution in [3.05, 3.63) is 22.2 Å². The molecule has 1 aromatic rings. The molecular weight excluding hydrogens is 228 g/mol. The van der Waals surface area contributed by atoms with E-state index in [2.05, 4.69) is 21.8 Å². The van der Waals surface area contributed by atoms with Crippen molar-refractivity contribution in [2.45, 2.75) is 39.2 Å². The normalized spacial score (nSPS) is 23.9. The number of aromatic nitrogens is 2. The van der Waals surface area contributed by atoms with E-state index >= 15 is 0 Å². The predicted molar refractivity (Wildman–Crippen MR) is 72.9 cm³/mol. The number of hydrogen-bond acceptors (Lipinski definition) is 4. The smallest absolute Gasteiger partial charge is 0.252 e. The molecule has 1 saturated heterocycles. The Labute approximate surface area is 107 Å². The fourth-order valence-electron chi connectivity index (χ4n) is 2.54. The van der Waals surface area contributed by atoms with Crippen LogP contribution in [0.25, 0.3) is 0 Å². The zero-order chi connectivity index (χ0) is 13.3. The number of H-pyrrole nitrogens is 1. The third kappa shape index (κ3) is 2.41. The summed E-state index contributed by atoms with van der Waals surface area (Å²) >= 11 is 0. The highest BCUT2D eigenvalue weighted by molar-refractivity contribution is 5.41. The van der Waals surface area contributed by atoms with Crippen molar-refractivity contribution in [1.29, 1.82) is 0 Å². The number of anilines is 1. The van der Waals surface area contributed by atoms with Gasteiger partial charge in [-0.25, -0.2) is 4.98 Å². The van der Waals surface area contributed by atoms with E-state index in [-0.39, 0.29) is 11.5 Å². The monoisotopic (exact) mass is 250 g/mol. The largest absolute Gasteiger partial charge is 0.352 e. The van der Waals surface area contributed by atoms with Gasteiger partial charge in [-0.05, 0) is 12.3 Å². The third-order valence-electron chi connectivity index (χ3n) is 3.71. The molecule has 2 unspecified atom stereocenters. The first-order chi connectivity index (χ1) is 8.52. The Morgan fingerprint density at radius 2 is 2.33 bits per heavy atom. The molecule has 1 aliphatic heterocycles. The van der Waals surface area contributed by atoms with E-state index in [9.17, 15) is 4.79 Å². The summed E-state index contributed by atoms with van der Waals surface area (Å²) < 4.78 is 0. The van der Waals surface area contributed by atoms with Gasteiger partial charge in [0.2, 0.25) is 0 Å². The van der Waals surface area contributed by atoms with E-state index in [0.717, 1.165) is 24.6 Å². The van der Waals surface area contributed by atoms with Crippen LogP contribution in [0.2, 0.25) is 0 Å². The Bertz CT molecular complexity index is 468. The Hall–Kier alpha value is -1.36. The average molecular weight is 250 g/mol. The van der Waals surface area contributed by atoms with E-state index in [0.29, 0.717) is 18.5 Å². The number of rotatable bonds is 3. The Balaban J connectivity index is 2.36. The summed E-state index contributed by atoms with van der Waals surface area (Å²) in [5.74, 6) is 2.28. The van der Waals surface area contributed by atoms with Gasteiger partial charge < -0.3 is 15.6 Å². The number of nitrogens with zero attached hydrogens (tertiary/aromatic N) is 2. The molecule has 100 valence electrons. The van der Waals surface area contributed by atoms with Gasteiger partial charge in [-0.3, -0.25) is 4.79 Å². The average Bonchev–Trinajstić information content (AvgIpc) is 2.69. The lowest BCUT2D eigenvalue weighted by Crippen LogP contribution is -2.39. The van der Waals surface area contributed by atoms with Gasteiger partial charge in [0.25, 0.3) is 5.56 Å². The maximum absolute atomic E-state index is 11.7. The molecule has 0 aliphatic carbocycles. The van der Waals surface area contributed by atoms with Crippen LogP contribution in [0.15, 0.2) is 10.9 Å². The zero-order valence-electron chi connectivity index (χ0n) is 11.3. The summed E-state index contributed by atoms with van der Waals surface area (Å²) in [7, 11) is 0. The molecule has 0 amide bonds. The first-order valence-electron chi connectivity index (χ1n) is 6.61. The summed E-state index contributed by atoms with van der Waals surface area (Å²) in [5.41, 5.74) is 5.75. The van der Waals surface area contributed by atoms with E-state index in [1.54, 1.807) is 6.07 Å². The van der Waals surface area contributed by atoms with Crippen LogP contribution < -0.4 is 16.2 Å². The quantitative estimate of drug-likeness (QED) is 0.841. The molecular formula is C13H22N4O.